The first-order chi connectivity index (χ1) is 13.8. The first kappa shape index (κ1) is 19.5. The summed E-state index contributed by atoms with van der Waals surface area (Å²) in [4.78, 5) is 47.9. The molecule has 0 atom stereocenters. The molecule has 148 valence electrons. The van der Waals surface area contributed by atoms with Gasteiger partial charge in [-0.05, 0) is 18.1 Å². The van der Waals surface area contributed by atoms with Crippen molar-refractivity contribution in [3.05, 3.63) is 75.0 Å². The average molecular weight is 395 g/mol. The number of nitrogens with zero attached hydrogens (tertiary/aromatic N) is 1. The Morgan fingerprint density at radius 3 is 2.28 bits per heavy atom. The van der Waals surface area contributed by atoms with Gasteiger partial charge < -0.3 is 30.1 Å². The summed E-state index contributed by atoms with van der Waals surface area (Å²) in [6, 6.07) is 9.68. The maximum atomic E-state index is 12.3. The first-order valence-corrected chi connectivity index (χ1v) is 8.39. The van der Waals surface area contributed by atoms with Crippen molar-refractivity contribution in [2.24, 2.45) is 0 Å². The molecule has 0 unspecified atom stereocenters. The zero-order valence-corrected chi connectivity index (χ0v) is 14.8. The van der Waals surface area contributed by atoms with Gasteiger partial charge in [0, 0.05) is 29.1 Å². The third kappa shape index (κ3) is 3.76. The van der Waals surface area contributed by atoms with Crippen molar-refractivity contribution < 1.29 is 29.5 Å². The molecule has 0 radical (unpaired) electrons. The standard InChI is InChI=1S/C19H15N3O7/c23-17(12-4-1-2-5-13(12)18(24)25)20-9-8-11-10-6-3-7-14(22(28)29)15(10)21-16(11)19(26)27/h1-7,21H,8-9H2,(H,20,23)(H,24,25)(H,26,27)/p-2. The summed E-state index contributed by atoms with van der Waals surface area (Å²) in [6.07, 6.45) is 0.0176. The molecule has 10 nitrogen and oxygen atoms in total. The predicted molar refractivity (Wildman–Crippen MR) is 96.1 cm³/mol. The number of aromatic carboxylic acids is 2. The molecule has 0 bridgehead atoms. The van der Waals surface area contributed by atoms with E-state index in [1.807, 2.05) is 0 Å². The number of para-hydroxylation sites is 1. The molecular formula is C19H13N3O7-2. The van der Waals surface area contributed by atoms with E-state index in [0.717, 1.165) is 0 Å². The molecule has 0 spiro atoms. The minimum Gasteiger partial charge on any atom is -0.545 e. The number of nitro benzene ring substituents is 1. The summed E-state index contributed by atoms with van der Waals surface area (Å²) < 4.78 is 0. The molecule has 0 saturated heterocycles. The fraction of sp³-hybridized carbons (Fsp3) is 0.105. The molecular weight excluding hydrogens is 382 g/mol. The van der Waals surface area contributed by atoms with Gasteiger partial charge in [-0.3, -0.25) is 14.9 Å². The maximum Gasteiger partial charge on any atom is 0.293 e. The van der Waals surface area contributed by atoms with Crippen molar-refractivity contribution in [1.82, 2.24) is 10.3 Å². The number of H-pyrrole nitrogens is 1. The highest BCUT2D eigenvalue weighted by Crippen LogP contribution is 2.29. The minimum absolute atomic E-state index is 0.0176. The van der Waals surface area contributed by atoms with Crippen LogP contribution in [0, 0.1) is 10.1 Å². The zero-order chi connectivity index (χ0) is 21.1. The second-order valence-corrected chi connectivity index (χ2v) is 6.06. The first-order valence-electron chi connectivity index (χ1n) is 8.39. The summed E-state index contributed by atoms with van der Waals surface area (Å²) in [7, 11) is 0. The average Bonchev–Trinajstić information content (AvgIpc) is 3.06. The smallest absolute Gasteiger partial charge is 0.293 e. The molecule has 0 fully saturated rings. The fourth-order valence-electron chi connectivity index (χ4n) is 3.10. The van der Waals surface area contributed by atoms with E-state index in [-0.39, 0.29) is 46.6 Å². The van der Waals surface area contributed by atoms with Crippen molar-refractivity contribution in [1.29, 1.82) is 0 Å². The van der Waals surface area contributed by atoms with Gasteiger partial charge in [-0.2, -0.15) is 0 Å². The van der Waals surface area contributed by atoms with Gasteiger partial charge in [0.25, 0.3) is 11.6 Å². The number of rotatable bonds is 7. The lowest BCUT2D eigenvalue weighted by Crippen LogP contribution is -2.31. The molecule has 0 aliphatic rings. The van der Waals surface area contributed by atoms with E-state index in [4.69, 9.17) is 0 Å². The lowest BCUT2D eigenvalue weighted by molar-refractivity contribution is -0.383. The number of fused-ring (bicyclic) bond motifs is 1. The molecule has 1 aromatic heterocycles. The number of carbonyl (C=O) groups is 3. The van der Waals surface area contributed by atoms with Crippen molar-refractivity contribution >= 4 is 34.4 Å². The van der Waals surface area contributed by atoms with Gasteiger partial charge in [0.1, 0.15) is 5.52 Å². The summed E-state index contributed by atoms with van der Waals surface area (Å²) in [5.74, 6) is -3.72. The topological polar surface area (TPSA) is 168 Å². The van der Waals surface area contributed by atoms with Gasteiger partial charge in [0.2, 0.25) is 0 Å². The summed E-state index contributed by atoms with van der Waals surface area (Å²) in [5, 5.41) is 36.6. The van der Waals surface area contributed by atoms with Gasteiger partial charge in [0.05, 0.1) is 22.6 Å². The number of hydrogen-bond donors (Lipinski definition) is 2. The highest BCUT2D eigenvalue weighted by molar-refractivity contribution is 6.04. The van der Waals surface area contributed by atoms with Gasteiger partial charge in [-0.15, -0.1) is 0 Å². The molecule has 3 rings (SSSR count). The van der Waals surface area contributed by atoms with Gasteiger partial charge in [0.15, 0.2) is 0 Å². The predicted octanol–water partition coefficient (Wildman–Crippen LogP) is -0.224. The van der Waals surface area contributed by atoms with E-state index in [2.05, 4.69) is 10.3 Å². The molecule has 0 saturated carbocycles. The van der Waals surface area contributed by atoms with Crippen LogP contribution in [0.25, 0.3) is 10.9 Å². The molecule has 0 aliphatic heterocycles. The van der Waals surface area contributed by atoms with Crippen LogP contribution in [-0.2, 0) is 6.42 Å². The lowest BCUT2D eigenvalue weighted by Gasteiger charge is -2.11. The van der Waals surface area contributed by atoms with Crippen LogP contribution in [0.4, 0.5) is 5.69 Å². The third-order valence-electron chi connectivity index (χ3n) is 4.37. The molecule has 2 N–H and O–H groups in total. The van der Waals surface area contributed by atoms with Crippen LogP contribution in [0.15, 0.2) is 42.5 Å². The van der Waals surface area contributed by atoms with Crippen LogP contribution in [0.1, 0.15) is 36.8 Å². The number of benzene rings is 2. The highest BCUT2D eigenvalue weighted by Gasteiger charge is 2.20. The second-order valence-electron chi connectivity index (χ2n) is 6.06. The number of non-ortho nitro benzene ring substituents is 1. The maximum absolute atomic E-state index is 12.3. The quantitative estimate of drug-likeness (QED) is 0.411. The van der Waals surface area contributed by atoms with Crippen LogP contribution in [0.2, 0.25) is 0 Å². The number of carboxylic acid groups (broad SMARTS) is 2. The Balaban J connectivity index is 1.86. The summed E-state index contributed by atoms with van der Waals surface area (Å²) >= 11 is 0. The highest BCUT2D eigenvalue weighted by atomic mass is 16.6. The number of carboxylic acids is 2. The molecule has 29 heavy (non-hydrogen) atoms. The molecule has 10 heteroatoms. The van der Waals surface area contributed by atoms with Gasteiger partial charge >= 0.3 is 0 Å². The molecule has 1 amide bonds. The second kappa shape index (κ2) is 7.80. The number of nitrogens with one attached hydrogen (secondary N) is 2. The number of amides is 1. The van der Waals surface area contributed by atoms with E-state index >= 15 is 0 Å². The van der Waals surface area contributed by atoms with E-state index < -0.39 is 22.8 Å². The van der Waals surface area contributed by atoms with Crippen LogP contribution >= 0.6 is 0 Å². The number of carbonyl (C=O) groups excluding carboxylic acids is 3. The Labute approximate surface area is 162 Å². The van der Waals surface area contributed by atoms with Crippen LogP contribution in [0.3, 0.4) is 0 Å². The fourth-order valence-corrected chi connectivity index (χ4v) is 3.10. The third-order valence-corrected chi connectivity index (χ3v) is 4.37. The number of aromatic amines is 1. The number of nitro groups is 1. The monoisotopic (exact) mass is 395 g/mol. The van der Waals surface area contributed by atoms with E-state index in [9.17, 15) is 34.7 Å². The van der Waals surface area contributed by atoms with Crippen molar-refractivity contribution in [2.45, 2.75) is 6.42 Å². The zero-order valence-electron chi connectivity index (χ0n) is 14.8. The summed E-state index contributed by atoms with van der Waals surface area (Å²) in [5.41, 5.74) is -0.704. The van der Waals surface area contributed by atoms with E-state index in [0.29, 0.717) is 5.39 Å². The normalized spacial score (nSPS) is 10.6. The van der Waals surface area contributed by atoms with E-state index in [1.165, 1.54) is 42.5 Å². The van der Waals surface area contributed by atoms with Crippen molar-refractivity contribution in [2.75, 3.05) is 6.54 Å². The SMILES string of the molecule is O=C([O-])c1ccccc1C(=O)NCCc1c(C(=O)[O-])[nH]c2c([N+](=O)[O-])cccc12. The van der Waals surface area contributed by atoms with Crippen LogP contribution in [-0.4, -0.2) is 34.3 Å². The van der Waals surface area contributed by atoms with Crippen molar-refractivity contribution in [3.8, 4) is 0 Å². The number of aromatic nitrogens is 1. The Kier molecular flexibility index (Phi) is 5.26. The Hall–Kier alpha value is -4.21. The van der Waals surface area contributed by atoms with Crippen molar-refractivity contribution in [3.63, 3.8) is 0 Å². The van der Waals surface area contributed by atoms with E-state index in [1.54, 1.807) is 0 Å². The van der Waals surface area contributed by atoms with Crippen LogP contribution < -0.4 is 15.5 Å². The molecule has 0 aliphatic carbocycles. The minimum atomic E-state index is -1.54. The molecule has 1 heterocycles. The lowest BCUT2D eigenvalue weighted by atomic mass is 10.1. The number of hydrogen-bond acceptors (Lipinski definition) is 7. The molecule has 2 aromatic carbocycles. The van der Waals surface area contributed by atoms with Gasteiger partial charge in [-0.1, -0.05) is 30.3 Å². The Morgan fingerprint density at radius 2 is 1.66 bits per heavy atom. The Bertz CT molecular complexity index is 1150. The van der Waals surface area contributed by atoms with Crippen LogP contribution in [0.5, 0.6) is 0 Å². The molecule has 3 aromatic rings. The van der Waals surface area contributed by atoms with Gasteiger partial charge in [-0.25, -0.2) is 0 Å². The Morgan fingerprint density at radius 1 is 0.966 bits per heavy atom. The largest absolute Gasteiger partial charge is 0.545 e. The summed E-state index contributed by atoms with van der Waals surface area (Å²) in [6.45, 7) is -0.0455.